The lowest BCUT2D eigenvalue weighted by molar-refractivity contribution is 0.633. The first-order valence-electron chi connectivity index (χ1n) is 6.67. The fourth-order valence-corrected chi connectivity index (χ4v) is 3.41. The second kappa shape index (κ2) is 7.70. The molecule has 0 aliphatic carbocycles. The van der Waals surface area contributed by atoms with Crippen LogP contribution in [0.25, 0.3) is 0 Å². The first kappa shape index (κ1) is 15.4. The van der Waals surface area contributed by atoms with Crippen LogP contribution >= 0.6 is 0 Å². The van der Waals surface area contributed by atoms with Gasteiger partial charge in [0.15, 0.2) is 0 Å². The van der Waals surface area contributed by atoms with Crippen molar-refractivity contribution in [1.29, 1.82) is 0 Å². The van der Waals surface area contributed by atoms with Gasteiger partial charge in [0.05, 0.1) is 0 Å². The highest BCUT2D eigenvalue weighted by molar-refractivity contribution is 7.85. The fourth-order valence-electron chi connectivity index (χ4n) is 1.90. The van der Waals surface area contributed by atoms with Crippen LogP contribution in [0.1, 0.15) is 42.5 Å². The zero-order valence-electron chi connectivity index (χ0n) is 12.0. The van der Waals surface area contributed by atoms with E-state index in [1.165, 1.54) is 16.7 Å². The summed E-state index contributed by atoms with van der Waals surface area (Å²) in [5.41, 5.74) is 3.85. The van der Waals surface area contributed by atoms with Gasteiger partial charge in [0.25, 0.3) is 0 Å². The Kier molecular flexibility index (Phi) is 6.58. The van der Waals surface area contributed by atoms with Crippen molar-refractivity contribution >= 4 is 10.8 Å². The van der Waals surface area contributed by atoms with Gasteiger partial charge in [0, 0.05) is 28.3 Å². The molecule has 2 nitrogen and oxygen atoms in total. The van der Waals surface area contributed by atoms with E-state index in [1.807, 2.05) is 7.05 Å². The molecule has 1 aromatic carbocycles. The molecule has 0 heterocycles. The molecule has 0 amide bonds. The summed E-state index contributed by atoms with van der Waals surface area (Å²) >= 11 is 0. The zero-order chi connectivity index (χ0) is 13.5. The van der Waals surface area contributed by atoms with Gasteiger partial charge >= 0.3 is 0 Å². The monoisotopic (exact) mass is 267 g/mol. The van der Waals surface area contributed by atoms with Gasteiger partial charge in [-0.15, -0.1) is 0 Å². The molecular weight excluding hydrogens is 242 g/mol. The maximum atomic E-state index is 12.0. The van der Waals surface area contributed by atoms with Crippen LogP contribution in [-0.4, -0.2) is 22.8 Å². The molecule has 0 radical (unpaired) electrons. The predicted octanol–water partition coefficient (Wildman–Crippen LogP) is 3.11. The number of rotatable bonds is 7. The molecule has 0 aliphatic rings. The van der Waals surface area contributed by atoms with E-state index in [4.69, 9.17) is 0 Å². The van der Waals surface area contributed by atoms with Gasteiger partial charge in [-0.1, -0.05) is 31.5 Å². The van der Waals surface area contributed by atoms with Gasteiger partial charge in [-0.25, -0.2) is 0 Å². The second-order valence-corrected chi connectivity index (χ2v) is 6.47. The lowest BCUT2D eigenvalue weighted by atomic mass is 10.0. The van der Waals surface area contributed by atoms with Gasteiger partial charge < -0.3 is 5.32 Å². The minimum atomic E-state index is -0.725. The Bertz CT molecular complexity index is 403. The standard InChI is InChI=1S/C15H25NOS/c1-5-6-9-18(17)11-15(16-4)14-8-7-12(2)13(3)10-14/h7-8,10,15-16H,5-6,9,11H2,1-4H3. The van der Waals surface area contributed by atoms with Gasteiger partial charge in [0.1, 0.15) is 0 Å². The summed E-state index contributed by atoms with van der Waals surface area (Å²) < 4.78 is 12.0. The zero-order valence-corrected chi connectivity index (χ0v) is 12.8. The van der Waals surface area contributed by atoms with Crippen LogP contribution in [0, 0.1) is 13.8 Å². The Morgan fingerprint density at radius 2 is 2.00 bits per heavy atom. The summed E-state index contributed by atoms with van der Waals surface area (Å²) in [6, 6.07) is 6.68. The maximum absolute atomic E-state index is 12.0. The maximum Gasteiger partial charge on any atom is 0.0434 e. The normalized spacial score (nSPS) is 14.4. The molecule has 0 saturated heterocycles. The molecule has 0 fully saturated rings. The third kappa shape index (κ3) is 4.54. The summed E-state index contributed by atoms with van der Waals surface area (Å²) in [6.45, 7) is 6.38. The van der Waals surface area contributed by atoms with Crippen LogP contribution in [0.2, 0.25) is 0 Å². The molecule has 1 aromatic rings. The van der Waals surface area contributed by atoms with Crippen LogP contribution in [0.15, 0.2) is 18.2 Å². The van der Waals surface area contributed by atoms with Crippen molar-refractivity contribution in [2.45, 2.75) is 39.7 Å². The third-order valence-corrected chi connectivity index (χ3v) is 4.81. The molecular formula is C15H25NOS. The Hall–Kier alpha value is -0.670. The van der Waals surface area contributed by atoms with Crippen LogP contribution < -0.4 is 5.32 Å². The molecule has 0 bridgehead atoms. The van der Waals surface area contributed by atoms with E-state index in [-0.39, 0.29) is 6.04 Å². The summed E-state index contributed by atoms with van der Waals surface area (Å²) in [5.74, 6) is 1.53. The third-order valence-electron chi connectivity index (χ3n) is 3.36. The molecule has 0 spiro atoms. The first-order chi connectivity index (χ1) is 8.58. The van der Waals surface area contributed by atoms with Crippen LogP contribution in [0.4, 0.5) is 0 Å². The molecule has 3 heteroatoms. The van der Waals surface area contributed by atoms with Crippen LogP contribution in [0.5, 0.6) is 0 Å². The van der Waals surface area contributed by atoms with E-state index in [2.05, 4.69) is 44.3 Å². The molecule has 1 rings (SSSR count). The van der Waals surface area contributed by atoms with Gasteiger partial charge in [-0.2, -0.15) is 0 Å². The summed E-state index contributed by atoms with van der Waals surface area (Å²) in [6.07, 6.45) is 2.16. The van der Waals surface area contributed by atoms with E-state index in [0.717, 1.165) is 18.6 Å². The van der Waals surface area contributed by atoms with Crippen molar-refractivity contribution in [2.75, 3.05) is 18.6 Å². The number of aryl methyl sites for hydroxylation is 2. The number of nitrogens with one attached hydrogen (secondary N) is 1. The van der Waals surface area contributed by atoms with Crippen molar-refractivity contribution < 1.29 is 4.21 Å². The molecule has 2 atom stereocenters. The van der Waals surface area contributed by atoms with E-state index >= 15 is 0 Å². The van der Waals surface area contributed by atoms with Crippen molar-refractivity contribution in [3.8, 4) is 0 Å². The molecule has 2 unspecified atom stereocenters. The minimum absolute atomic E-state index is 0.196. The Morgan fingerprint density at radius 1 is 1.28 bits per heavy atom. The second-order valence-electron chi connectivity index (χ2n) is 4.85. The van der Waals surface area contributed by atoms with Crippen molar-refractivity contribution in [2.24, 2.45) is 0 Å². The summed E-state index contributed by atoms with van der Waals surface area (Å²) in [7, 11) is 1.22. The average molecular weight is 267 g/mol. The van der Waals surface area contributed by atoms with Crippen LogP contribution in [0.3, 0.4) is 0 Å². The van der Waals surface area contributed by atoms with Crippen LogP contribution in [-0.2, 0) is 10.8 Å². The first-order valence-corrected chi connectivity index (χ1v) is 8.16. The Balaban J connectivity index is 2.70. The highest BCUT2D eigenvalue weighted by Crippen LogP contribution is 2.18. The molecule has 102 valence electrons. The number of unbranched alkanes of at least 4 members (excludes halogenated alkanes) is 1. The number of hydrogen-bond acceptors (Lipinski definition) is 2. The highest BCUT2D eigenvalue weighted by atomic mass is 32.2. The van der Waals surface area contributed by atoms with Gasteiger partial charge in [-0.3, -0.25) is 4.21 Å². The number of hydrogen-bond donors (Lipinski definition) is 1. The predicted molar refractivity (Wildman–Crippen MR) is 80.5 cm³/mol. The smallest absolute Gasteiger partial charge is 0.0434 e. The lowest BCUT2D eigenvalue weighted by Gasteiger charge is -2.17. The largest absolute Gasteiger partial charge is 0.312 e. The number of benzene rings is 1. The van der Waals surface area contributed by atoms with Gasteiger partial charge in [0.2, 0.25) is 0 Å². The Morgan fingerprint density at radius 3 is 2.56 bits per heavy atom. The molecule has 0 aliphatic heterocycles. The van der Waals surface area contributed by atoms with E-state index in [1.54, 1.807) is 0 Å². The molecule has 18 heavy (non-hydrogen) atoms. The minimum Gasteiger partial charge on any atom is -0.312 e. The summed E-state index contributed by atoms with van der Waals surface area (Å²) in [5, 5.41) is 3.28. The molecule has 0 saturated carbocycles. The summed E-state index contributed by atoms with van der Waals surface area (Å²) in [4.78, 5) is 0. The highest BCUT2D eigenvalue weighted by Gasteiger charge is 2.13. The van der Waals surface area contributed by atoms with E-state index in [0.29, 0.717) is 5.75 Å². The van der Waals surface area contributed by atoms with Crippen molar-refractivity contribution in [1.82, 2.24) is 5.32 Å². The topological polar surface area (TPSA) is 29.1 Å². The molecule has 1 N–H and O–H groups in total. The van der Waals surface area contributed by atoms with Crippen molar-refractivity contribution in [3.63, 3.8) is 0 Å². The average Bonchev–Trinajstić information content (AvgIpc) is 2.37. The van der Waals surface area contributed by atoms with Gasteiger partial charge in [-0.05, 0) is 44.0 Å². The fraction of sp³-hybridized carbons (Fsp3) is 0.600. The lowest BCUT2D eigenvalue weighted by Crippen LogP contribution is -2.23. The Labute approximate surface area is 114 Å². The quantitative estimate of drug-likeness (QED) is 0.822. The van der Waals surface area contributed by atoms with Crippen molar-refractivity contribution in [3.05, 3.63) is 34.9 Å². The molecule has 0 aromatic heterocycles. The van der Waals surface area contributed by atoms with E-state index < -0.39 is 10.8 Å². The SMILES string of the molecule is CCCCS(=O)CC(NC)c1ccc(C)c(C)c1. The van der Waals surface area contributed by atoms with E-state index in [9.17, 15) is 4.21 Å².